The average molecular weight is 373 g/mol. The summed E-state index contributed by atoms with van der Waals surface area (Å²) in [5.74, 6) is 2.98. The van der Waals surface area contributed by atoms with Crippen molar-refractivity contribution >= 4 is 28.7 Å². The number of para-hydroxylation sites is 2. The van der Waals surface area contributed by atoms with E-state index in [0.717, 1.165) is 35.5 Å². The van der Waals surface area contributed by atoms with Crippen molar-refractivity contribution in [3.05, 3.63) is 30.1 Å². The Balaban J connectivity index is 1.52. The fourth-order valence-corrected chi connectivity index (χ4v) is 5.42. The van der Waals surface area contributed by atoms with Crippen molar-refractivity contribution in [1.82, 2.24) is 14.9 Å². The highest BCUT2D eigenvalue weighted by atomic mass is 32.2. The molecule has 2 fully saturated rings. The molecule has 6 heteroatoms. The Morgan fingerprint density at radius 3 is 2.77 bits per heavy atom. The number of thioether (sulfide) groups is 1. The molecular weight excluding hydrogens is 344 g/mol. The number of rotatable bonds is 5. The Bertz CT molecular complexity index is 775. The fraction of sp³-hybridized carbons (Fsp3) is 0.600. The van der Waals surface area contributed by atoms with Gasteiger partial charge in [-0.2, -0.15) is 11.8 Å². The highest BCUT2D eigenvalue weighted by molar-refractivity contribution is 7.97. The molecule has 1 aromatic carbocycles. The van der Waals surface area contributed by atoms with Crippen LogP contribution in [-0.4, -0.2) is 33.8 Å². The summed E-state index contributed by atoms with van der Waals surface area (Å²) in [6.07, 6.45) is 7.83. The van der Waals surface area contributed by atoms with Gasteiger partial charge in [0.05, 0.1) is 16.8 Å². The lowest BCUT2D eigenvalue weighted by Gasteiger charge is -2.45. The van der Waals surface area contributed by atoms with Gasteiger partial charge in [0.2, 0.25) is 5.91 Å². The molecule has 2 aromatic rings. The first-order valence-corrected chi connectivity index (χ1v) is 11.0. The standard InChI is InChI=1S/C20H28N4OS/c1-26-12-18-22-16-7-2-3-8-17(16)24(18)11-19(25)23-20-13-5-4-6-14(20)10-15(21)9-13/h2-3,7-8,13-15,20H,4-6,9-12,21H2,1H3,(H,23,25). The van der Waals surface area contributed by atoms with Crippen molar-refractivity contribution in [1.29, 1.82) is 0 Å². The molecule has 2 unspecified atom stereocenters. The van der Waals surface area contributed by atoms with Gasteiger partial charge in [-0.3, -0.25) is 4.79 Å². The quantitative estimate of drug-likeness (QED) is 0.846. The Hall–Kier alpha value is -1.53. The Morgan fingerprint density at radius 1 is 1.31 bits per heavy atom. The molecule has 0 saturated heterocycles. The number of hydrogen-bond donors (Lipinski definition) is 2. The number of aromatic nitrogens is 2. The zero-order valence-electron chi connectivity index (χ0n) is 15.4. The summed E-state index contributed by atoms with van der Waals surface area (Å²) in [6.45, 7) is 0.346. The van der Waals surface area contributed by atoms with Crippen molar-refractivity contribution in [3.8, 4) is 0 Å². The summed E-state index contributed by atoms with van der Waals surface area (Å²) in [5, 5.41) is 3.36. The van der Waals surface area contributed by atoms with Crippen LogP contribution in [0.5, 0.6) is 0 Å². The minimum Gasteiger partial charge on any atom is -0.351 e. The van der Waals surface area contributed by atoms with Gasteiger partial charge in [0.25, 0.3) is 0 Å². The van der Waals surface area contributed by atoms with E-state index in [-0.39, 0.29) is 5.91 Å². The number of hydrogen-bond acceptors (Lipinski definition) is 4. The van der Waals surface area contributed by atoms with E-state index in [1.54, 1.807) is 11.8 Å². The van der Waals surface area contributed by atoms with Crippen LogP contribution in [0, 0.1) is 11.8 Å². The van der Waals surface area contributed by atoms with Gasteiger partial charge in [0.15, 0.2) is 0 Å². The number of nitrogens with two attached hydrogens (primary N) is 1. The van der Waals surface area contributed by atoms with Crippen LogP contribution in [0.2, 0.25) is 0 Å². The first-order valence-electron chi connectivity index (χ1n) is 9.63. The van der Waals surface area contributed by atoms with E-state index in [1.807, 2.05) is 24.3 Å². The molecule has 140 valence electrons. The molecule has 2 bridgehead atoms. The van der Waals surface area contributed by atoms with E-state index in [1.165, 1.54) is 19.3 Å². The molecule has 3 N–H and O–H groups in total. The Morgan fingerprint density at radius 2 is 2.04 bits per heavy atom. The van der Waals surface area contributed by atoms with Crippen LogP contribution >= 0.6 is 11.8 Å². The highest BCUT2D eigenvalue weighted by Gasteiger charge is 2.39. The normalized spacial score (nSPS) is 28.2. The maximum Gasteiger partial charge on any atom is 0.240 e. The van der Waals surface area contributed by atoms with Crippen LogP contribution in [0.15, 0.2) is 24.3 Å². The number of carbonyl (C=O) groups is 1. The Labute approximate surface area is 159 Å². The van der Waals surface area contributed by atoms with E-state index < -0.39 is 0 Å². The van der Waals surface area contributed by atoms with Gasteiger partial charge in [-0.15, -0.1) is 0 Å². The Kier molecular flexibility index (Phi) is 5.23. The SMILES string of the molecule is CSCc1nc2ccccc2n1CC(=O)NC1C2CCCC1CC(N)C2. The molecule has 0 spiro atoms. The van der Waals surface area contributed by atoms with E-state index in [0.29, 0.717) is 30.5 Å². The number of nitrogens with zero attached hydrogens (tertiary/aromatic N) is 2. The topological polar surface area (TPSA) is 72.9 Å². The van der Waals surface area contributed by atoms with Crippen LogP contribution in [0.25, 0.3) is 11.0 Å². The first-order chi connectivity index (χ1) is 12.7. The lowest BCUT2D eigenvalue weighted by Crippen LogP contribution is -2.54. The summed E-state index contributed by atoms with van der Waals surface area (Å²) < 4.78 is 2.07. The van der Waals surface area contributed by atoms with Gasteiger partial charge >= 0.3 is 0 Å². The molecule has 0 aliphatic heterocycles. The number of amides is 1. The molecule has 2 aliphatic rings. The van der Waals surface area contributed by atoms with Crippen LogP contribution in [-0.2, 0) is 17.1 Å². The second kappa shape index (κ2) is 7.61. The molecule has 2 saturated carbocycles. The second-order valence-electron chi connectivity index (χ2n) is 7.81. The van der Waals surface area contributed by atoms with Crippen molar-refractivity contribution in [2.45, 2.75) is 56.5 Å². The molecule has 1 amide bonds. The number of nitrogens with one attached hydrogen (secondary N) is 1. The molecule has 26 heavy (non-hydrogen) atoms. The maximum absolute atomic E-state index is 12.9. The third-order valence-electron chi connectivity index (χ3n) is 6.01. The molecule has 2 aliphatic carbocycles. The zero-order chi connectivity index (χ0) is 18.1. The third kappa shape index (κ3) is 3.49. The minimum absolute atomic E-state index is 0.105. The molecule has 4 rings (SSSR count). The van der Waals surface area contributed by atoms with Crippen LogP contribution < -0.4 is 11.1 Å². The van der Waals surface area contributed by atoms with Crippen molar-refractivity contribution < 1.29 is 4.79 Å². The number of fused-ring (bicyclic) bond motifs is 3. The molecule has 1 aromatic heterocycles. The maximum atomic E-state index is 12.9. The van der Waals surface area contributed by atoms with Crippen molar-refractivity contribution in [2.75, 3.05) is 6.26 Å². The average Bonchev–Trinajstić information content (AvgIpc) is 2.94. The molecule has 0 radical (unpaired) electrons. The lowest BCUT2D eigenvalue weighted by molar-refractivity contribution is -0.124. The summed E-state index contributed by atoms with van der Waals surface area (Å²) >= 11 is 1.73. The van der Waals surface area contributed by atoms with E-state index in [9.17, 15) is 4.79 Å². The van der Waals surface area contributed by atoms with Crippen LogP contribution in [0.1, 0.15) is 37.9 Å². The van der Waals surface area contributed by atoms with E-state index >= 15 is 0 Å². The summed E-state index contributed by atoms with van der Waals surface area (Å²) in [4.78, 5) is 17.6. The van der Waals surface area contributed by atoms with Gasteiger partial charge in [-0.05, 0) is 55.9 Å². The largest absolute Gasteiger partial charge is 0.351 e. The monoisotopic (exact) mass is 372 g/mol. The minimum atomic E-state index is 0.105. The predicted molar refractivity (Wildman–Crippen MR) is 107 cm³/mol. The smallest absolute Gasteiger partial charge is 0.240 e. The molecule has 5 nitrogen and oxygen atoms in total. The predicted octanol–water partition coefficient (Wildman–Crippen LogP) is 2.92. The number of benzene rings is 1. The van der Waals surface area contributed by atoms with Gasteiger partial charge in [-0.1, -0.05) is 18.6 Å². The highest BCUT2D eigenvalue weighted by Crippen LogP contribution is 2.39. The van der Waals surface area contributed by atoms with Gasteiger partial charge in [0.1, 0.15) is 12.4 Å². The first kappa shape index (κ1) is 17.9. The second-order valence-corrected chi connectivity index (χ2v) is 8.68. The van der Waals surface area contributed by atoms with Crippen molar-refractivity contribution in [2.24, 2.45) is 17.6 Å². The van der Waals surface area contributed by atoms with E-state index in [4.69, 9.17) is 10.7 Å². The fourth-order valence-electron chi connectivity index (χ4n) is 4.94. The molecule has 2 atom stereocenters. The third-order valence-corrected chi connectivity index (χ3v) is 6.56. The van der Waals surface area contributed by atoms with Gasteiger partial charge < -0.3 is 15.6 Å². The summed E-state index contributed by atoms with van der Waals surface area (Å²) in [7, 11) is 0. The molecular formula is C20H28N4OS. The number of carbonyl (C=O) groups excluding carboxylic acids is 1. The summed E-state index contributed by atoms with van der Waals surface area (Å²) in [5.41, 5.74) is 8.22. The van der Waals surface area contributed by atoms with Gasteiger partial charge in [-0.25, -0.2) is 4.98 Å². The van der Waals surface area contributed by atoms with Crippen LogP contribution in [0.4, 0.5) is 0 Å². The van der Waals surface area contributed by atoms with Crippen LogP contribution in [0.3, 0.4) is 0 Å². The van der Waals surface area contributed by atoms with Gasteiger partial charge in [0, 0.05) is 12.1 Å². The number of imidazole rings is 1. The zero-order valence-corrected chi connectivity index (χ0v) is 16.2. The molecule has 1 heterocycles. The lowest BCUT2D eigenvalue weighted by atomic mass is 9.67. The summed E-state index contributed by atoms with van der Waals surface area (Å²) in [6, 6.07) is 8.68. The van der Waals surface area contributed by atoms with Crippen molar-refractivity contribution in [3.63, 3.8) is 0 Å². The van der Waals surface area contributed by atoms with E-state index in [2.05, 4.69) is 16.1 Å².